The van der Waals surface area contributed by atoms with E-state index in [1.54, 1.807) is 12.1 Å². The highest BCUT2D eigenvalue weighted by Gasteiger charge is 2.25. The van der Waals surface area contributed by atoms with E-state index in [4.69, 9.17) is 0 Å². The largest absolute Gasteiger partial charge is 0.266 e. The quantitative estimate of drug-likeness (QED) is 0.692. The summed E-state index contributed by atoms with van der Waals surface area (Å²) >= 11 is 0. The van der Waals surface area contributed by atoms with E-state index in [0.29, 0.717) is 11.4 Å². The number of anilines is 1. The first kappa shape index (κ1) is 16.5. The minimum absolute atomic E-state index is 0.323. The van der Waals surface area contributed by atoms with Crippen molar-refractivity contribution in [2.24, 2.45) is 0 Å². The molecule has 3 nitrogen and oxygen atoms in total. The maximum Gasteiger partial charge on any atom is 0.264 e. The molecule has 0 aliphatic rings. The minimum Gasteiger partial charge on any atom is -0.266 e. The van der Waals surface area contributed by atoms with Gasteiger partial charge in [-0.15, -0.1) is 0 Å². The summed E-state index contributed by atoms with van der Waals surface area (Å²) in [4.78, 5) is 0.323. The van der Waals surface area contributed by atoms with E-state index in [2.05, 4.69) is 0 Å². The molecule has 0 bridgehead atoms. The summed E-state index contributed by atoms with van der Waals surface area (Å²) < 4.78 is 27.9. The third-order valence-electron chi connectivity index (χ3n) is 4.23. The second-order valence-electron chi connectivity index (χ2n) is 5.97. The fraction of sp³-hybridized carbons (Fsp3) is 0.200. The molecule has 0 amide bonds. The van der Waals surface area contributed by atoms with Gasteiger partial charge in [0.1, 0.15) is 0 Å². The number of rotatable bonds is 4. The van der Waals surface area contributed by atoms with E-state index in [9.17, 15) is 8.42 Å². The van der Waals surface area contributed by atoms with E-state index >= 15 is 0 Å². The standard InChI is InChI=1S/C20H21NO2S/c1-4-21(20-13-15(2)9-10-16(20)3)24(22,23)19-12-11-17-7-5-6-8-18(17)14-19/h5-14H,4H2,1-3H3. The van der Waals surface area contributed by atoms with Crippen molar-refractivity contribution in [2.45, 2.75) is 25.7 Å². The molecule has 0 saturated carbocycles. The van der Waals surface area contributed by atoms with Gasteiger partial charge >= 0.3 is 0 Å². The third-order valence-corrected chi connectivity index (χ3v) is 6.11. The highest BCUT2D eigenvalue weighted by Crippen LogP contribution is 2.29. The molecule has 0 radical (unpaired) electrons. The number of benzene rings is 3. The first-order valence-corrected chi connectivity index (χ1v) is 9.46. The summed E-state index contributed by atoms with van der Waals surface area (Å²) in [7, 11) is -3.60. The predicted octanol–water partition coefficient (Wildman–Crippen LogP) is 4.67. The SMILES string of the molecule is CCN(c1cc(C)ccc1C)S(=O)(=O)c1ccc2ccccc2c1. The van der Waals surface area contributed by atoms with Crippen molar-refractivity contribution < 1.29 is 8.42 Å². The maximum atomic E-state index is 13.2. The molecule has 3 rings (SSSR count). The Hall–Kier alpha value is -2.33. The fourth-order valence-corrected chi connectivity index (χ4v) is 4.48. The van der Waals surface area contributed by atoms with Gasteiger partial charge in [-0.3, -0.25) is 4.31 Å². The lowest BCUT2D eigenvalue weighted by molar-refractivity contribution is 0.592. The molecule has 0 N–H and O–H groups in total. The van der Waals surface area contributed by atoms with Crippen LogP contribution in [0.3, 0.4) is 0 Å². The summed E-state index contributed by atoms with van der Waals surface area (Å²) in [5.74, 6) is 0. The molecule has 3 aromatic carbocycles. The predicted molar refractivity (Wildman–Crippen MR) is 100 cm³/mol. The van der Waals surface area contributed by atoms with E-state index < -0.39 is 10.0 Å². The van der Waals surface area contributed by atoms with Crippen molar-refractivity contribution in [1.82, 2.24) is 0 Å². The van der Waals surface area contributed by atoms with Crippen LogP contribution in [0.2, 0.25) is 0 Å². The number of nitrogens with zero attached hydrogens (tertiary/aromatic N) is 1. The second kappa shape index (κ2) is 6.29. The Labute approximate surface area is 143 Å². The Kier molecular flexibility index (Phi) is 4.33. The van der Waals surface area contributed by atoms with Crippen LogP contribution in [0.4, 0.5) is 5.69 Å². The van der Waals surface area contributed by atoms with Crippen LogP contribution in [-0.4, -0.2) is 15.0 Å². The Morgan fingerprint density at radius 2 is 1.58 bits per heavy atom. The summed E-state index contributed by atoms with van der Waals surface area (Å²) in [6, 6.07) is 19.0. The van der Waals surface area contributed by atoms with Gasteiger partial charge in [-0.2, -0.15) is 0 Å². The molecule has 0 spiro atoms. The number of sulfonamides is 1. The van der Waals surface area contributed by atoms with Gasteiger partial charge in [0.2, 0.25) is 0 Å². The lowest BCUT2D eigenvalue weighted by Crippen LogP contribution is -2.31. The number of aryl methyl sites for hydroxylation is 2. The van der Waals surface area contributed by atoms with E-state index in [-0.39, 0.29) is 0 Å². The second-order valence-corrected chi connectivity index (χ2v) is 7.83. The number of hydrogen-bond acceptors (Lipinski definition) is 2. The van der Waals surface area contributed by atoms with Crippen LogP contribution in [0.1, 0.15) is 18.1 Å². The monoisotopic (exact) mass is 339 g/mol. The molecule has 0 heterocycles. The normalized spacial score (nSPS) is 11.6. The van der Waals surface area contributed by atoms with Gasteiger partial charge < -0.3 is 0 Å². The number of fused-ring (bicyclic) bond motifs is 1. The van der Waals surface area contributed by atoms with Crippen molar-refractivity contribution in [2.75, 3.05) is 10.8 Å². The lowest BCUT2D eigenvalue weighted by atomic mass is 10.1. The molecule has 0 aromatic heterocycles. The average Bonchev–Trinajstić information content (AvgIpc) is 2.58. The topological polar surface area (TPSA) is 37.4 Å². The minimum atomic E-state index is -3.60. The van der Waals surface area contributed by atoms with Gasteiger partial charge in [-0.25, -0.2) is 8.42 Å². The summed E-state index contributed by atoms with van der Waals surface area (Å²) in [5.41, 5.74) is 2.74. The highest BCUT2D eigenvalue weighted by molar-refractivity contribution is 7.92. The van der Waals surface area contributed by atoms with Crippen molar-refractivity contribution >= 4 is 26.5 Å². The van der Waals surface area contributed by atoms with Crippen LogP contribution in [0.5, 0.6) is 0 Å². The number of hydrogen-bond donors (Lipinski definition) is 0. The molecule has 24 heavy (non-hydrogen) atoms. The highest BCUT2D eigenvalue weighted by atomic mass is 32.2. The van der Waals surface area contributed by atoms with Gasteiger partial charge in [0.25, 0.3) is 10.0 Å². The molecule has 124 valence electrons. The molecule has 0 unspecified atom stereocenters. The van der Waals surface area contributed by atoms with Crippen molar-refractivity contribution in [3.8, 4) is 0 Å². The van der Waals surface area contributed by atoms with Gasteiger partial charge in [0, 0.05) is 6.54 Å². The Balaban J connectivity index is 2.14. The first-order chi connectivity index (χ1) is 11.4. The Bertz CT molecular complexity index is 993. The van der Waals surface area contributed by atoms with Gasteiger partial charge in [0.15, 0.2) is 0 Å². The zero-order chi connectivity index (χ0) is 17.3. The van der Waals surface area contributed by atoms with Crippen LogP contribution in [-0.2, 0) is 10.0 Å². The van der Waals surface area contributed by atoms with Gasteiger partial charge in [-0.1, -0.05) is 42.5 Å². The average molecular weight is 339 g/mol. The van der Waals surface area contributed by atoms with Crippen molar-refractivity contribution in [3.05, 3.63) is 71.8 Å². The van der Waals surface area contributed by atoms with Crippen LogP contribution in [0.15, 0.2) is 65.6 Å². The zero-order valence-corrected chi connectivity index (χ0v) is 15.0. The van der Waals surface area contributed by atoms with E-state index in [0.717, 1.165) is 27.6 Å². The molecule has 0 atom stereocenters. The van der Waals surface area contributed by atoms with Crippen LogP contribution < -0.4 is 4.31 Å². The first-order valence-electron chi connectivity index (χ1n) is 8.02. The van der Waals surface area contributed by atoms with Gasteiger partial charge in [-0.05, 0) is 60.9 Å². The molecular formula is C20H21NO2S. The zero-order valence-electron chi connectivity index (χ0n) is 14.2. The Morgan fingerprint density at radius 1 is 0.875 bits per heavy atom. The third kappa shape index (κ3) is 2.89. The molecule has 0 fully saturated rings. The molecule has 0 saturated heterocycles. The summed E-state index contributed by atoms with van der Waals surface area (Å²) in [6.07, 6.45) is 0. The maximum absolute atomic E-state index is 13.2. The fourth-order valence-electron chi connectivity index (χ4n) is 2.91. The van der Waals surface area contributed by atoms with Crippen molar-refractivity contribution in [3.63, 3.8) is 0 Å². The van der Waals surface area contributed by atoms with E-state index in [1.165, 1.54) is 4.31 Å². The summed E-state index contributed by atoms with van der Waals surface area (Å²) in [5, 5.41) is 1.96. The molecule has 3 aromatic rings. The molecule has 4 heteroatoms. The Morgan fingerprint density at radius 3 is 2.29 bits per heavy atom. The molecular weight excluding hydrogens is 318 g/mol. The van der Waals surface area contributed by atoms with Crippen LogP contribution in [0, 0.1) is 13.8 Å². The van der Waals surface area contributed by atoms with Gasteiger partial charge in [0.05, 0.1) is 10.6 Å². The molecule has 0 aliphatic heterocycles. The summed E-state index contributed by atoms with van der Waals surface area (Å²) in [6.45, 7) is 6.16. The van der Waals surface area contributed by atoms with E-state index in [1.807, 2.05) is 69.3 Å². The lowest BCUT2D eigenvalue weighted by Gasteiger charge is -2.25. The van der Waals surface area contributed by atoms with Crippen LogP contribution in [0.25, 0.3) is 10.8 Å². The molecule has 0 aliphatic carbocycles. The smallest absolute Gasteiger partial charge is 0.264 e. The van der Waals surface area contributed by atoms with Crippen LogP contribution >= 0.6 is 0 Å². The van der Waals surface area contributed by atoms with Crippen molar-refractivity contribution in [1.29, 1.82) is 0 Å².